The number of hydrogen-bond donors (Lipinski definition) is 1. The predicted octanol–water partition coefficient (Wildman–Crippen LogP) is 3.55. The molecule has 2 heterocycles. The lowest BCUT2D eigenvalue weighted by molar-refractivity contribution is 0.510. The smallest absolute Gasteiger partial charge is 0.254 e. The molecule has 0 aliphatic carbocycles. The summed E-state index contributed by atoms with van der Waals surface area (Å²) in [5, 5.41) is 4.30. The van der Waals surface area contributed by atoms with Gasteiger partial charge in [0.15, 0.2) is 5.82 Å². The molecule has 0 spiro atoms. The first-order valence-corrected chi connectivity index (χ1v) is 7.45. The van der Waals surface area contributed by atoms with E-state index in [9.17, 15) is 13.2 Å². The Morgan fingerprint density at radius 1 is 1.08 bits per heavy atom. The number of nitrogens with zero attached hydrogens (tertiary/aromatic N) is 4. The zero-order chi connectivity index (χ0) is 17.6. The van der Waals surface area contributed by atoms with Gasteiger partial charge in [0.2, 0.25) is 0 Å². The third-order valence-corrected chi connectivity index (χ3v) is 4.10. The molecule has 0 aliphatic rings. The molecular weight excluding hydrogens is 319 g/mol. The molecule has 1 atom stereocenters. The highest BCUT2D eigenvalue weighted by atomic mass is 19.1. The minimum Gasteiger partial charge on any atom is -0.383 e. The summed E-state index contributed by atoms with van der Waals surface area (Å²) in [6.07, 6.45) is 1.21. The lowest BCUT2D eigenvalue weighted by Gasteiger charge is -2.10. The van der Waals surface area contributed by atoms with Crippen LogP contribution < -0.4 is 5.73 Å². The van der Waals surface area contributed by atoms with Gasteiger partial charge in [0, 0.05) is 29.8 Å². The molecule has 2 N–H and O–H groups in total. The summed E-state index contributed by atoms with van der Waals surface area (Å²) in [7, 11) is 0. The molecule has 0 fully saturated rings. The molecule has 0 bridgehead atoms. The van der Waals surface area contributed by atoms with Crippen LogP contribution in [0.25, 0.3) is 16.9 Å². The molecule has 0 aliphatic heterocycles. The van der Waals surface area contributed by atoms with Gasteiger partial charge in [0.05, 0.1) is 5.56 Å². The van der Waals surface area contributed by atoms with Gasteiger partial charge < -0.3 is 5.73 Å². The third-order valence-electron chi connectivity index (χ3n) is 4.10. The van der Waals surface area contributed by atoms with Crippen LogP contribution in [0.5, 0.6) is 0 Å². The normalized spacial score (nSPS) is 13.0. The van der Waals surface area contributed by atoms with Crippen LogP contribution in [0.3, 0.4) is 0 Å². The first kappa shape index (κ1) is 16.2. The van der Waals surface area contributed by atoms with Crippen molar-refractivity contribution >= 4 is 11.6 Å². The molecule has 5 nitrogen and oxygen atoms in total. The fourth-order valence-electron chi connectivity index (χ4n) is 2.35. The largest absolute Gasteiger partial charge is 0.383 e. The Bertz CT molecular complexity index is 896. The molecular formula is C16H16F3N5. The van der Waals surface area contributed by atoms with Gasteiger partial charge in [0.1, 0.15) is 23.3 Å². The summed E-state index contributed by atoms with van der Waals surface area (Å²) in [5.74, 6) is -1.99. The van der Waals surface area contributed by atoms with Crippen LogP contribution in [-0.4, -0.2) is 19.6 Å². The van der Waals surface area contributed by atoms with Crippen molar-refractivity contribution in [2.75, 3.05) is 5.73 Å². The fourth-order valence-corrected chi connectivity index (χ4v) is 2.35. The number of nitrogens with two attached hydrogens (primary N) is 1. The highest BCUT2D eigenvalue weighted by Gasteiger charge is 2.21. The number of aromatic nitrogens is 4. The van der Waals surface area contributed by atoms with Gasteiger partial charge in [-0.05, 0) is 5.92 Å². The quantitative estimate of drug-likeness (QED) is 0.795. The molecule has 0 amide bonds. The van der Waals surface area contributed by atoms with Crippen molar-refractivity contribution in [1.82, 2.24) is 19.6 Å². The van der Waals surface area contributed by atoms with Gasteiger partial charge >= 0.3 is 0 Å². The van der Waals surface area contributed by atoms with Crippen molar-refractivity contribution in [2.45, 2.75) is 26.7 Å². The molecule has 24 heavy (non-hydrogen) atoms. The van der Waals surface area contributed by atoms with Gasteiger partial charge in [-0.15, -0.1) is 5.10 Å². The second kappa shape index (κ2) is 5.77. The summed E-state index contributed by atoms with van der Waals surface area (Å²) < 4.78 is 42.3. The molecule has 0 unspecified atom stereocenters. The number of anilines is 1. The number of nitrogen functional groups attached to an aromatic ring is 1. The minimum atomic E-state index is -1.06. The van der Waals surface area contributed by atoms with Crippen LogP contribution >= 0.6 is 0 Å². The summed E-state index contributed by atoms with van der Waals surface area (Å²) in [5.41, 5.74) is 5.55. The van der Waals surface area contributed by atoms with E-state index >= 15 is 0 Å². The predicted molar refractivity (Wildman–Crippen MR) is 83.8 cm³/mol. The Balaban J connectivity index is 2.20. The molecule has 8 heteroatoms. The first-order valence-electron chi connectivity index (χ1n) is 7.45. The average molecular weight is 335 g/mol. The minimum absolute atomic E-state index is 0.00819. The molecule has 2 aromatic heterocycles. The summed E-state index contributed by atoms with van der Waals surface area (Å²) in [6.45, 7) is 6.03. The highest BCUT2D eigenvalue weighted by Crippen LogP contribution is 2.31. The Morgan fingerprint density at radius 3 is 2.29 bits per heavy atom. The van der Waals surface area contributed by atoms with E-state index in [-0.39, 0.29) is 23.1 Å². The zero-order valence-electron chi connectivity index (χ0n) is 13.4. The van der Waals surface area contributed by atoms with Gasteiger partial charge in [-0.1, -0.05) is 20.8 Å². The van der Waals surface area contributed by atoms with E-state index in [1.54, 1.807) is 0 Å². The summed E-state index contributed by atoms with van der Waals surface area (Å²) in [4.78, 5) is 8.37. The Hall–Kier alpha value is -2.64. The molecule has 0 radical (unpaired) electrons. The standard InChI is InChI=1S/C16H16F3N5/c1-7(2)8(3)15-22-16-21-6-10(14(20)24(16)23-15)13-11(18)4-9(17)5-12(13)19/h4-8H,20H2,1-3H3/t8-/m1/s1. The number of rotatable bonds is 3. The van der Waals surface area contributed by atoms with Crippen LogP contribution in [-0.2, 0) is 0 Å². The van der Waals surface area contributed by atoms with Crippen LogP contribution in [0.2, 0.25) is 0 Å². The van der Waals surface area contributed by atoms with Crippen molar-refractivity contribution in [3.63, 3.8) is 0 Å². The molecule has 0 saturated carbocycles. The maximum Gasteiger partial charge on any atom is 0.254 e. The highest BCUT2D eigenvalue weighted by molar-refractivity contribution is 5.75. The lowest BCUT2D eigenvalue weighted by Crippen LogP contribution is -2.06. The van der Waals surface area contributed by atoms with E-state index in [0.29, 0.717) is 23.9 Å². The Kier molecular flexibility index (Phi) is 3.90. The molecule has 0 saturated heterocycles. The van der Waals surface area contributed by atoms with Crippen LogP contribution in [0.4, 0.5) is 19.0 Å². The zero-order valence-corrected chi connectivity index (χ0v) is 13.4. The SMILES string of the molecule is CC(C)[C@@H](C)c1nc2ncc(-c3c(F)cc(F)cc3F)c(N)n2n1. The van der Waals surface area contributed by atoms with Gasteiger partial charge in [0.25, 0.3) is 5.78 Å². The number of benzene rings is 1. The van der Waals surface area contributed by atoms with Crippen LogP contribution in [0, 0.1) is 23.4 Å². The van der Waals surface area contributed by atoms with E-state index < -0.39 is 23.0 Å². The van der Waals surface area contributed by atoms with E-state index in [2.05, 4.69) is 15.1 Å². The van der Waals surface area contributed by atoms with Gasteiger partial charge in [-0.2, -0.15) is 9.50 Å². The summed E-state index contributed by atoms with van der Waals surface area (Å²) >= 11 is 0. The van der Waals surface area contributed by atoms with Gasteiger partial charge in [-0.25, -0.2) is 18.2 Å². The summed E-state index contributed by atoms with van der Waals surface area (Å²) in [6, 6.07) is 1.19. The maximum atomic E-state index is 14.0. The van der Waals surface area contributed by atoms with E-state index in [1.807, 2.05) is 20.8 Å². The van der Waals surface area contributed by atoms with Crippen molar-refractivity contribution in [3.8, 4) is 11.1 Å². The van der Waals surface area contributed by atoms with Crippen molar-refractivity contribution < 1.29 is 13.2 Å². The number of halogens is 3. The molecule has 3 rings (SSSR count). The van der Waals surface area contributed by atoms with Crippen molar-refractivity contribution in [1.29, 1.82) is 0 Å². The number of hydrogen-bond acceptors (Lipinski definition) is 4. The third kappa shape index (κ3) is 2.57. The lowest BCUT2D eigenvalue weighted by atomic mass is 9.98. The van der Waals surface area contributed by atoms with Gasteiger partial charge in [-0.3, -0.25) is 0 Å². The molecule has 1 aromatic carbocycles. The van der Waals surface area contributed by atoms with Crippen molar-refractivity contribution in [2.24, 2.45) is 5.92 Å². The second-order valence-electron chi connectivity index (χ2n) is 6.02. The monoisotopic (exact) mass is 335 g/mol. The first-order chi connectivity index (χ1) is 11.3. The average Bonchev–Trinajstić information content (AvgIpc) is 2.92. The number of fused-ring (bicyclic) bond motifs is 1. The van der Waals surface area contributed by atoms with Crippen molar-refractivity contribution in [3.05, 3.63) is 41.6 Å². The van der Waals surface area contributed by atoms with E-state index in [4.69, 9.17) is 5.73 Å². The second-order valence-corrected chi connectivity index (χ2v) is 6.02. The molecule has 126 valence electrons. The molecule has 3 aromatic rings. The Morgan fingerprint density at radius 2 is 1.71 bits per heavy atom. The fraction of sp³-hybridized carbons (Fsp3) is 0.312. The van der Waals surface area contributed by atoms with E-state index in [0.717, 1.165) is 0 Å². The Labute approximate surface area is 136 Å². The topological polar surface area (TPSA) is 69.1 Å². The maximum absolute atomic E-state index is 14.0. The van der Waals surface area contributed by atoms with Crippen LogP contribution in [0.15, 0.2) is 18.3 Å². The van der Waals surface area contributed by atoms with Crippen LogP contribution in [0.1, 0.15) is 32.5 Å². The van der Waals surface area contributed by atoms with E-state index in [1.165, 1.54) is 10.7 Å².